The van der Waals surface area contributed by atoms with E-state index in [4.69, 9.17) is 5.73 Å². The van der Waals surface area contributed by atoms with Crippen molar-refractivity contribution in [1.82, 2.24) is 4.98 Å². The van der Waals surface area contributed by atoms with Crippen molar-refractivity contribution < 1.29 is 18.0 Å². The third kappa shape index (κ3) is 4.05. The monoisotopic (exact) mass is 294 g/mol. The molecular formula is C15H13F3N2O. The molecule has 0 spiro atoms. The average molecular weight is 294 g/mol. The molecule has 2 rings (SSSR count). The molecule has 6 heteroatoms. The summed E-state index contributed by atoms with van der Waals surface area (Å²) in [6.07, 6.45) is -2.10. The molecule has 0 aliphatic rings. The summed E-state index contributed by atoms with van der Waals surface area (Å²) in [5, 5.41) is 0. The van der Waals surface area contributed by atoms with E-state index in [0.29, 0.717) is 17.7 Å². The quantitative estimate of drug-likeness (QED) is 0.941. The van der Waals surface area contributed by atoms with E-state index < -0.39 is 17.6 Å². The lowest BCUT2D eigenvalue weighted by atomic mass is 10.0. The Labute approximate surface area is 119 Å². The molecular weight excluding hydrogens is 281 g/mol. The van der Waals surface area contributed by atoms with Gasteiger partial charge in [-0.1, -0.05) is 12.1 Å². The number of hydrogen-bond acceptors (Lipinski definition) is 2. The van der Waals surface area contributed by atoms with Crippen molar-refractivity contribution in [3.8, 4) is 11.3 Å². The zero-order valence-electron chi connectivity index (χ0n) is 11.0. The van der Waals surface area contributed by atoms with Crippen LogP contribution in [0.4, 0.5) is 13.2 Å². The molecule has 1 aromatic carbocycles. The summed E-state index contributed by atoms with van der Waals surface area (Å²) in [6.45, 7) is 0. The molecule has 21 heavy (non-hydrogen) atoms. The first kappa shape index (κ1) is 15.0. The van der Waals surface area contributed by atoms with E-state index in [1.165, 1.54) is 12.1 Å². The van der Waals surface area contributed by atoms with Crippen LogP contribution in [-0.4, -0.2) is 10.9 Å². The smallest absolute Gasteiger partial charge is 0.370 e. The van der Waals surface area contributed by atoms with E-state index in [0.717, 1.165) is 17.7 Å². The van der Waals surface area contributed by atoms with Gasteiger partial charge in [0.25, 0.3) is 0 Å². The Bertz CT molecular complexity index is 636. The van der Waals surface area contributed by atoms with Crippen molar-refractivity contribution in [2.24, 2.45) is 5.73 Å². The molecule has 3 nitrogen and oxygen atoms in total. The first-order valence-electron chi connectivity index (χ1n) is 6.27. The van der Waals surface area contributed by atoms with Gasteiger partial charge in [0.1, 0.15) is 0 Å². The minimum absolute atomic E-state index is 0.219. The molecule has 2 N–H and O–H groups in total. The molecule has 0 aliphatic heterocycles. The fourth-order valence-corrected chi connectivity index (χ4v) is 1.89. The molecule has 1 amide bonds. The van der Waals surface area contributed by atoms with E-state index in [2.05, 4.69) is 4.98 Å². The molecule has 1 heterocycles. The molecule has 2 aromatic rings. The zero-order chi connectivity index (χ0) is 15.5. The summed E-state index contributed by atoms with van der Waals surface area (Å²) in [5.74, 6) is -0.400. The van der Waals surface area contributed by atoms with Gasteiger partial charge in [0.15, 0.2) is 0 Å². The number of carbonyl (C=O) groups excluding carboxylic acids is 1. The molecule has 0 fully saturated rings. The van der Waals surface area contributed by atoms with E-state index in [-0.39, 0.29) is 6.42 Å². The Balaban J connectivity index is 2.22. The highest BCUT2D eigenvalue weighted by atomic mass is 19.4. The predicted molar refractivity (Wildman–Crippen MR) is 72.2 cm³/mol. The Morgan fingerprint density at radius 2 is 1.81 bits per heavy atom. The normalized spacial score (nSPS) is 11.4. The Hall–Kier alpha value is -2.37. The number of amides is 1. The lowest BCUT2D eigenvalue weighted by Crippen LogP contribution is -2.11. The number of nitrogens with two attached hydrogens (primary N) is 1. The third-order valence-corrected chi connectivity index (χ3v) is 2.99. The van der Waals surface area contributed by atoms with Crippen LogP contribution in [0, 0.1) is 0 Å². The third-order valence-electron chi connectivity index (χ3n) is 2.99. The number of rotatable bonds is 4. The lowest BCUT2D eigenvalue weighted by Gasteiger charge is -2.08. The molecule has 0 atom stereocenters. The molecule has 0 aliphatic carbocycles. The molecule has 110 valence electrons. The number of aromatic nitrogens is 1. The van der Waals surface area contributed by atoms with Crippen LogP contribution in [0.2, 0.25) is 0 Å². The Morgan fingerprint density at radius 3 is 2.38 bits per heavy atom. The van der Waals surface area contributed by atoms with Crippen LogP contribution in [0.25, 0.3) is 11.3 Å². The first-order chi connectivity index (χ1) is 9.86. The minimum atomic E-state index is -4.35. The highest BCUT2D eigenvalue weighted by Crippen LogP contribution is 2.30. The van der Waals surface area contributed by atoms with Crippen LogP contribution in [-0.2, 0) is 17.4 Å². The summed E-state index contributed by atoms with van der Waals surface area (Å²) in [4.78, 5) is 14.9. The second kappa shape index (κ2) is 5.95. The Morgan fingerprint density at radius 1 is 1.14 bits per heavy atom. The molecule has 0 saturated heterocycles. The minimum Gasteiger partial charge on any atom is -0.370 e. The number of benzene rings is 1. The average Bonchev–Trinajstić information content (AvgIpc) is 2.45. The molecule has 0 radical (unpaired) electrons. The maximum Gasteiger partial charge on any atom is 0.416 e. The van der Waals surface area contributed by atoms with Crippen LogP contribution < -0.4 is 5.73 Å². The van der Waals surface area contributed by atoms with Gasteiger partial charge in [-0.05, 0) is 36.2 Å². The predicted octanol–water partition coefficient (Wildman–Crippen LogP) is 3.19. The van der Waals surface area contributed by atoms with Crippen LogP contribution in [0.15, 0.2) is 42.6 Å². The van der Waals surface area contributed by atoms with E-state index >= 15 is 0 Å². The van der Waals surface area contributed by atoms with Gasteiger partial charge in [0.05, 0.1) is 11.3 Å². The number of aryl methyl sites for hydroxylation is 1. The number of halogens is 3. The second-order valence-corrected chi connectivity index (χ2v) is 4.59. The van der Waals surface area contributed by atoms with Crippen molar-refractivity contribution in [2.45, 2.75) is 19.0 Å². The van der Waals surface area contributed by atoms with Gasteiger partial charge in [0, 0.05) is 18.2 Å². The summed E-state index contributed by atoms with van der Waals surface area (Å²) >= 11 is 0. The topological polar surface area (TPSA) is 56.0 Å². The first-order valence-corrected chi connectivity index (χ1v) is 6.27. The second-order valence-electron chi connectivity index (χ2n) is 4.59. The van der Waals surface area contributed by atoms with E-state index in [1.807, 2.05) is 0 Å². The number of hydrogen-bond donors (Lipinski definition) is 1. The highest BCUT2D eigenvalue weighted by Gasteiger charge is 2.29. The van der Waals surface area contributed by atoms with E-state index in [9.17, 15) is 18.0 Å². The molecule has 0 saturated carbocycles. The van der Waals surface area contributed by atoms with E-state index in [1.54, 1.807) is 18.3 Å². The van der Waals surface area contributed by atoms with Crippen LogP contribution in [0.5, 0.6) is 0 Å². The summed E-state index contributed by atoms with van der Waals surface area (Å²) < 4.78 is 37.5. The van der Waals surface area contributed by atoms with Crippen LogP contribution in [0.1, 0.15) is 17.5 Å². The summed E-state index contributed by atoms with van der Waals surface area (Å²) in [5.41, 5.74) is 6.40. The van der Waals surface area contributed by atoms with Crippen molar-refractivity contribution in [3.63, 3.8) is 0 Å². The number of pyridine rings is 1. The fraction of sp³-hybridized carbons (Fsp3) is 0.200. The molecule has 0 bridgehead atoms. The number of primary amides is 1. The summed E-state index contributed by atoms with van der Waals surface area (Å²) in [6, 6.07) is 8.29. The van der Waals surface area contributed by atoms with Crippen LogP contribution in [0.3, 0.4) is 0 Å². The maximum absolute atomic E-state index is 12.5. The van der Waals surface area contributed by atoms with Crippen molar-refractivity contribution in [3.05, 3.63) is 53.7 Å². The maximum atomic E-state index is 12.5. The fourth-order valence-electron chi connectivity index (χ4n) is 1.89. The van der Waals surface area contributed by atoms with Crippen molar-refractivity contribution in [1.29, 1.82) is 0 Å². The van der Waals surface area contributed by atoms with Gasteiger partial charge >= 0.3 is 6.18 Å². The highest BCUT2D eigenvalue weighted by molar-refractivity contribution is 5.74. The van der Waals surface area contributed by atoms with Gasteiger partial charge in [-0.15, -0.1) is 0 Å². The molecule has 0 unspecified atom stereocenters. The summed E-state index contributed by atoms with van der Waals surface area (Å²) in [7, 11) is 0. The zero-order valence-corrected chi connectivity index (χ0v) is 11.0. The van der Waals surface area contributed by atoms with Crippen molar-refractivity contribution >= 4 is 5.91 Å². The largest absolute Gasteiger partial charge is 0.416 e. The SMILES string of the molecule is NC(=O)CCc1ccnc(-c2ccc(C(F)(F)F)cc2)c1. The van der Waals surface area contributed by atoms with Gasteiger partial charge in [0.2, 0.25) is 5.91 Å². The van der Waals surface area contributed by atoms with Gasteiger partial charge in [-0.3, -0.25) is 9.78 Å². The van der Waals surface area contributed by atoms with Gasteiger partial charge < -0.3 is 5.73 Å². The standard InChI is InChI=1S/C15H13F3N2O/c16-15(17,18)12-4-2-11(3-5-12)13-9-10(7-8-20-13)1-6-14(19)21/h2-5,7-9H,1,6H2,(H2,19,21). The van der Waals surface area contributed by atoms with Crippen molar-refractivity contribution in [2.75, 3.05) is 0 Å². The number of alkyl halides is 3. The molecule has 1 aromatic heterocycles. The number of carbonyl (C=O) groups is 1. The van der Waals surface area contributed by atoms with Gasteiger partial charge in [-0.2, -0.15) is 13.2 Å². The Kier molecular flexibility index (Phi) is 4.26. The number of nitrogens with zero attached hydrogens (tertiary/aromatic N) is 1. The lowest BCUT2D eigenvalue weighted by molar-refractivity contribution is -0.137. The van der Waals surface area contributed by atoms with Gasteiger partial charge in [-0.25, -0.2) is 0 Å². The van der Waals surface area contributed by atoms with Crippen LogP contribution >= 0.6 is 0 Å².